The molecule has 0 amide bonds. The first kappa shape index (κ1) is 12.4. The van der Waals surface area contributed by atoms with Crippen LogP contribution in [0.4, 0.5) is 22.7 Å². The average molecular weight is 308 g/mol. The van der Waals surface area contributed by atoms with Crippen LogP contribution in [0.2, 0.25) is 0 Å². The summed E-state index contributed by atoms with van der Waals surface area (Å²) in [5, 5.41) is 13.8. The third kappa shape index (κ3) is 2.98. The topological polar surface area (TPSA) is 81.2 Å². The van der Waals surface area contributed by atoms with Gasteiger partial charge >= 0.3 is 0 Å². The first-order valence-corrected chi connectivity index (χ1v) is 5.91. The number of nitrogens with zero attached hydrogens (tertiary/aromatic N) is 1. The molecule has 0 radical (unpaired) electrons. The maximum Gasteiger partial charge on any atom is 0.273 e. The molecule has 0 atom stereocenters. The van der Waals surface area contributed by atoms with Crippen molar-refractivity contribution in [2.75, 3.05) is 11.1 Å². The van der Waals surface area contributed by atoms with Gasteiger partial charge in [0.25, 0.3) is 5.69 Å². The van der Waals surface area contributed by atoms with Crippen LogP contribution in [0, 0.1) is 10.1 Å². The molecule has 2 aromatic carbocycles. The highest BCUT2D eigenvalue weighted by molar-refractivity contribution is 9.10. The van der Waals surface area contributed by atoms with Gasteiger partial charge in [0.1, 0.15) is 0 Å². The molecule has 5 nitrogen and oxygen atoms in total. The Morgan fingerprint density at radius 1 is 1.17 bits per heavy atom. The first-order chi connectivity index (χ1) is 8.54. The molecule has 2 rings (SSSR count). The molecule has 0 saturated carbocycles. The zero-order valence-electron chi connectivity index (χ0n) is 9.26. The van der Waals surface area contributed by atoms with E-state index >= 15 is 0 Å². The molecule has 0 saturated heterocycles. The molecule has 0 bridgehead atoms. The third-order valence-corrected chi connectivity index (χ3v) is 2.76. The molecule has 0 unspecified atom stereocenters. The Bertz CT molecular complexity index is 602. The Kier molecular flexibility index (Phi) is 3.47. The smallest absolute Gasteiger partial charge is 0.273 e. The fourth-order valence-electron chi connectivity index (χ4n) is 1.55. The summed E-state index contributed by atoms with van der Waals surface area (Å²) in [6.45, 7) is 0. The predicted molar refractivity (Wildman–Crippen MR) is 74.9 cm³/mol. The van der Waals surface area contributed by atoms with Crippen LogP contribution >= 0.6 is 15.9 Å². The fraction of sp³-hybridized carbons (Fsp3) is 0. The monoisotopic (exact) mass is 307 g/mol. The van der Waals surface area contributed by atoms with E-state index in [1.54, 1.807) is 6.07 Å². The van der Waals surface area contributed by atoms with Crippen molar-refractivity contribution in [2.24, 2.45) is 0 Å². The summed E-state index contributed by atoms with van der Waals surface area (Å²) in [4.78, 5) is 10.3. The molecule has 2 aromatic rings. The zero-order chi connectivity index (χ0) is 13.1. The van der Waals surface area contributed by atoms with Crippen molar-refractivity contribution >= 4 is 38.7 Å². The van der Waals surface area contributed by atoms with E-state index in [0.717, 1.165) is 10.2 Å². The number of halogens is 1. The quantitative estimate of drug-likeness (QED) is 0.515. The summed E-state index contributed by atoms with van der Waals surface area (Å²) in [6, 6.07) is 11.9. The van der Waals surface area contributed by atoms with E-state index in [4.69, 9.17) is 5.73 Å². The number of anilines is 3. The van der Waals surface area contributed by atoms with Gasteiger partial charge in [0.05, 0.1) is 4.92 Å². The fourth-order valence-corrected chi connectivity index (χ4v) is 1.94. The number of nitrogens with one attached hydrogen (secondary N) is 1. The van der Waals surface area contributed by atoms with Crippen molar-refractivity contribution in [1.82, 2.24) is 0 Å². The van der Waals surface area contributed by atoms with E-state index in [2.05, 4.69) is 21.2 Å². The molecule has 0 aliphatic carbocycles. The highest BCUT2D eigenvalue weighted by Gasteiger charge is 2.08. The van der Waals surface area contributed by atoms with E-state index in [-0.39, 0.29) is 5.69 Å². The number of non-ortho nitro benzene ring substituents is 1. The van der Waals surface area contributed by atoms with Crippen molar-refractivity contribution in [3.63, 3.8) is 0 Å². The largest absolute Gasteiger partial charge is 0.398 e. The molecule has 3 N–H and O–H groups in total. The van der Waals surface area contributed by atoms with E-state index in [1.165, 1.54) is 12.1 Å². The lowest BCUT2D eigenvalue weighted by atomic mass is 10.2. The van der Waals surface area contributed by atoms with Crippen LogP contribution < -0.4 is 11.1 Å². The number of nitrogens with two attached hydrogens (primary N) is 1. The number of nitro benzene ring substituents is 1. The second-order valence-electron chi connectivity index (χ2n) is 3.71. The van der Waals surface area contributed by atoms with Crippen LogP contribution in [-0.2, 0) is 0 Å². The minimum atomic E-state index is -0.470. The molecule has 0 aliphatic heterocycles. The van der Waals surface area contributed by atoms with Crippen LogP contribution in [-0.4, -0.2) is 4.92 Å². The van der Waals surface area contributed by atoms with Gasteiger partial charge in [-0.1, -0.05) is 22.0 Å². The number of benzene rings is 2. The summed E-state index contributed by atoms with van der Waals surface area (Å²) in [6.07, 6.45) is 0. The van der Waals surface area contributed by atoms with Gasteiger partial charge in [-0.15, -0.1) is 0 Å². The van der Waals surface area contributed by atoms with Crippen molar-refractivity contribution in [3.8, 4) is 0 Å². The van der Waals surface area contributed by atoms with Crippen LogP contribution in [0.5, 0.6) is 0 Å². The number of hydrogen-bond acceptors (Lipinski definition) is 4. The van der Waals surface area contributed by atoms with Crippen molar-refractivity contribution in [3.05, 3.63) is 57.1 Å². The minimum absolute atomic E-state index is 0.0347. The normalized spacial score (nSPS) is 10.1. The second-order valence-corrected chi connectivity index (χ2v) is 4.62. The van der Waals surface area contributed by atoms with E-state index in [9.17, 15) is 10.1 Å². The van der Waals surface area contributed by atoms with E-state index < -0.39 is 4.92 Å². The van der Waals surface area contributed by atoms with Crippen LogP contribution in [0.25, 0.3) is 0 Å². The summed E-state index contributed by atoms with van der Waals surface area (Å²) >= 11 is 3.35. The van der Waals surface area contributed by atoms with Crippen LogP contribution in [0.3, 0.4) is 0 Å². The van der Waals surface area contributed by atoms with Crippen molar-refractivity contribution in [2.45, 2.75) is 0 Å². The number of nitro groups is 1. The maximum atomic E-state index is 10.7. The van der Waals surface area contributed by atoms with Crippen molar-refractivity contribution in [1.29, 1.82) is 0 Å². The molecule has 0 heterocycles. The van der Waals surface area contributed by atoms with E-state index in [0.29, 0.717) is 11.4 Å². The lowest BCUT2D eigenvalue weighted by molar-refractivity contribution is -0.384. The first-order valence-electron chi connectivity index (χ1n) is 5.12. The zero-order valence-corrected chi connectivity index (χ0v) is 10.8. The molecule has 0 spiro atoms. The molecular formula is C12H10BrN3O2. The minimum Gasteiger partial charge on any atom is -0.398 e. The highest BCUT2D eigenvalue weighted by atomic mass is 79.9. The molecule has 0 fully saturated rings. The Labute approximate surface area is 112 Å². The summed E-state index contributed by atoms with van der Waals surface area (Å²) in [7, 11) is 0. The van der Waals surface area contributed by atoms with Gasteiger partial charge in [0.15, 0.2) is 0 Å². The summed E-state index contributed by atoms with van der Waals surface area (Å²) in [5.41, 5.74) is 7.35. The van der Waals surface area contributed by atoms with Gasteiger partial charge in [-0.25, -0.2) is 0 Å². The van der Waals surface area contributed by atoms with Gasteiger partial charge in [0, 0.05) is 33.7 Å². The predicted octanol–water partition coefficient (Wildman–Crippen LogP) is 3.68. The van der Waals surface area contributed by atoms with E-state index in [1.807, 2.05) is 24.3 Å². The molecular weight excluding hydrogens is 298 g/mol. The second kappa shape index (κ2) is 5.05. The van der Waals surface area contributed by atoms with Crippen LogP contribution in [0.15, 0.2) is 46.9 Å². The summed E-state index contributed by atoms with van der Waals surface area (Å²) in [5.74, 6) is 0. The Balaban J connectivity index is 2.31. The Hall–Kier alpha value is -2.08. The SMILES string of the molecule is Nc1cc(Nc2cccc(Br)c2)cc([N+](=O)[O-])c1. The number of hydrogen-bond donors (Lipinski definition) is 2. The third-order valence-electron chi connectivity index (χ3n) is 2.26. The van der Waals surface area contributed by atoms with Gasteiger partial charge in [-0.3, -0.25) is 10.1 Å². The Morgan fingerprint density at radius 3 is 2.61 bits per heavy atom. The number of nitrogen functional groups attached to an aromatic ring is 1. The molecule has 92 valence electrons. The summed E-state index contributed by atoms with van der Waals surface area (Å²) < 4.78 is 0.922. The lowest BCUT2D eigenvalue weighted by Crippen LogP contribution is -1.96. The Morgan fingerprint density at radius 2 is 1.94 bits per heavy atom. The molecule has 6 heteroatoms. The molecule has 18 heavy (non-hydrogen) atoms. The van der Waals surface area contributed by atoms with Gasteiger partial charge < -0.3 is 11.1 Å². The van der Waals surface area contributed by atoms with Gasteiger partial charge in [-0.05, 0) is 24.3 Å². The van der Waals surface area contributed by atoms with Gasteiger partial charge in [-0.2, -0.15) is 0 Å². The molecule has 0 aliphatic rings. The van der Waals surface area contributed by atoms with Gasteiger partial charge in [0.2, 0.25) is 0 Å². The van der Waals surface area contributed by atoms with Crippen LogP contribution in [0.1, 0.15) is 0 Å². The standard InChI is InChI=1S/C12H10BrN3O2/c13-8-2-1-3-10(4-8)15-11-5-9(14)6-12(7-11)16(17)18/h1-7,15H,14H2. The lowest BCUT2D eigenvalue weighted by Gasteiger charge is -2.07. The average Bonchev–Trinajstić information content (AvgIpc) is 2.28. The number of rotatable bonds is 3. The molecule has 0 aromatic heterocycles. The highest BCUT2D eigenvalue weighted by Crippen LogP contribution is 2.26. The maximum absolute atomic E-state index is 10.7. The van der Waals surface area contributed by atoms with Crippen molar-refractivity contribution < 1.29 is 4.92 Å².